The van der Waals surface area contributed by atoms with E-state index in [1.54, 1.807) is 0 Å². The fourth-order valence-corrected chi connectivity index (χ4v) is 2.39. The molecule has 3 N–H and O–H groups in total. The second kappa shape index (κ2) is 9.66. The molecule has 126 valence electrons. The van der Waals surface area contributed by atoms with Crippen LogP contribution in [0.2, 0.25) is 0 Å². The molecule has 0 saturated heterocycles. The molecule has 0 aromatic rings. The summed E-state index contributed by atoms with van der Waals surface area (Å²) in [5.41, 5.74) is 1.07. The van der Waals surface area contributed by atoms with Crippen molar-refractivity contribution in [3.63, 3.8) is 0 Å². The van der Waals surface area contributed by atoms with E-state index in [4.69, 9.17) is 17.0 Å². The molecule has 22 heavy (non-hydrogen) atoms. The fraction of sp³-hybridized carbons (Fsp3) is 0.750. The fourth-order valence-electron chi connectivity index (χ4n) is 2.19. The number of carbonyl (C=O) groups excluding carboxylic acids is 1. The Hall–Kier alpha value is -1.30. The van der Waals surface area contributed by atoms with Crippen LogP contribution in [0.1, 0.15) is 52.9 Å². The summed E-state index contributed by atoms with van der Waals surface area (Å²) < 4.78 is 5.14. The highest BCUT2D eigenvalue weighted by Gasteiger charge is 2.15. The van der Waals surface area contributed by atoms with Gasteiger partial charge in [-0.2, -0.15) is 0 Å². The van der Waals surface area contributed by atoms with Gasteiger partial charge >= 0.3 is 6.09 Å². The number of alkyl carbamates (subject to hydrolysis) is 1. The van der Waals surface area contributed by atoms with Crippen molar-refractivity contribution in [2.75, 3.05) is 19.6 Å². The molecule has 0 atom stereocenters. The molecule has 0 aromatic carbocycles. The van der Waals surface area contributed by atoms with E-state index in [0.717, 1.165) is 13.0 Å². The quantitative estimate of drug-likeness (QED) is 0.398. The second-order valence-electron chi connectivity index (χ2n) is 6.47. The average molecular weight is 327 g/mol. The minimum atomic E-state index is -0.470. The molecule has 0 aliphatic heterocycles. The monoisotopic (exact) mass is 327 g/mol. The molecule has 0 radical (unpaired) electrons. The highest BCUT2D eigenvalue weighted by Crippen LogP contribution is 2.19. The number of carbonyl (C=O) groups is 1. The molecule has 0 unspecified atom stereocenters. The van der Waals surface area contributed by atoms with E-state index in [-0.39, 0.29) is 0 Å². The molecule has 0 fully saturated rings. The van der Waals surface area contributed by atoms with Gasteiger partial charge in [0.25, 0.3) is 0 Å². The van der Waals surface area contributed by atoms with Crippen LogP contribution in [0.5, 0.6) is 0 Å². The van der Waals surface area contributed by atoms with E-state index < -0.39 is 11.7 Å². The van der Waals surface area contributed by atoms with Crippen molar-refractivity contribution >= 4 is 23.4 Å². The van der Waals surface area contributed by atoms with Crippen LogP contribution < -0.4 is 16.0 Å². The summed E-state index contributed by atoms with van der Waals surface area (Å²) in [5.74, 6) is 0. The molecule has 0 saturated carbocycles. The molecule has 1 rings (SSSR count). The van der Waals surface area contributed by atoms with Crippen molar-refractivity contribution in [3.05, 3.63) is 11.6 Å². The molecule has 1 amide bonds. The summed E-state index contributed by atoms with van der Waals surface area (Å²) >= 11 is 5.20. The summed E-state index contributed by atoms with van der Waals surface area (Å²) in [6.45, 7) is 7.43. The number of thiocarbonyl (C=S) groups is 1. The Labute approximate surface area is 139 Å². The highest BCUT2D eigenvalue weighted by molar-refractivity contribution is 7.80. The molecular weight excluding hydrogens is 298 g/mol. The number of hydrogen-bond acceptors (Lipinski definition) is 3. The van der Waals surface area contributed by atoms with Gasteiger partial charge in [0.15, 0.2) is 5.11 Å². The molecule has 1 aliphatic carbocycles. The molecule has 6 heteroatoms. The molecular formula is C16H29N3O2S. The number of rotatable bonds is 6. The standard InChI is InChI=1S/C16H29N3O2S/c1-16(2,3)21-15(20)19-12-11-18-14(22)17-10-9-13-7-5-4-6-8-13/h7H,4-6,8-12H2,1-3H3,(H,19,20)(H2,17,18,22). The molecule has 0 spiro atoms. The largest absolute Gasteiger partial charge is 0.444 e. The predicted octanol–water partition coefficient (Wildman–Crippen LogP) is 2.87. The number of amides is 1. The van der Waals surface area contributed by atoms with Gasteiger partial charge in [-0.3, -0.25) is 0 Å². The van der Waals surface area contributed by atoms with E-state index in [2.05, 4.69) is 22.0 Å². The number of ether oxygens (including phenoxy) is 1. The average Bonchev–Trinajstić information content (AvgIpc) is 2.43. The lowest BCUT2D eigenvalue weighted by Gasteiger charge is -2.19. The summed E-state index contributed by atoms with van der Waals surface area (Å²) in [4.78, 5) is 11.4. The van der Waals surface area contributed by atoms with E-state index >= 15 is 0 Å². The molecule has 0 aromatic heterocycles. The second-order valence-corrected chi connectivity index (χ2v) is 6.88. The summed E-state index contributed by atoms with van der Waals surface area (Å²) in [6, 6.07) is 0. The minimum Gasteiger partial charge on any atom is -0.444 e. The normalized spacial score (nSPS) is 14.8. The van der Waals surface area contributed by atoms with Crippen LogP contribution in [0.3, 0.4) is 0 Å². The van der Waals surface area contributed by atoms with Crippen LogP contribution >= 0.6 is 12.2 Å². The van der Waals surface area contributed by atoms with Crippen LogP contribution in [-0.4, -0.2) is 36.4 Å². The third-order valence-electron chi connectivity index (χ3n) is 3.20. The van der Waals surface area contributed by atoms with E-state index in [0.29, 0.717) is 18.2 Å². The SMILES string of the molecule is CC(C)(C)OC(=O)NCCNC(=S)NCCC1=CCCCC1. The van der Waals surface area contributed by atoms with Crippen molar-refractivity contribution < 1.29 is 9.53 Å². The predicted molar refractivity (Wildman–Crippen MR) is 94.0 cm³/mol. The zero-order valence-corrected chi connectivity index (χ0v) is 14.8. The van der Waals surface area contributed by atoms with Crippen molar-refractivity contribution in [1.82, 2.24) is 16.0 Å². The maximum Gasteiger partial charge on any atom is 0.407 e. The van der Waals surface area contributed by atoms with Crippen LogP contribution in [0.15, 0.2) is 11.6 Å². The molecule has 0 bridgehead atoms. The Morgan fingerprint density at radius 1 is 1.18 bits per heavy atom. The smallest absolute Gasteiger partial charge is 0.407 e. The first-order valence-electron chi connectivity index (χ1n) is 8.03. The lowest BCUT2D eigenvalue weighted by atomic mass is 9.97. The Bertz CT molecular complexity index is 403. The van der Waals surface area contributed by atoms with Gasteiger partial charge in [-0.25, -0.2) is 4.79 Å². The lowest BCUT2D eigenvalue weighted by molar-refractivity contribution is 0.0529. The van der Waals surface area contributed by atoms with Gasteiger partial charge < -0.3 is 20.7 Å². The van der Waals surface area contributed by atoms with Crippen LogP contribution in [0.4, 0.5) is 4.79 Å². The van der Waals surface area contributed by atoms with Crippen LogP contribution in [-0.2, 0) is 4.74 Å². The van der Waals surface area contributed by atoms with Crippen molar-refractivity contribution in [2.24, 2.45) is 0 Å². The highest BCUT2D eigenvalue weighted by atomic mass is 32.1. The zero-order valence-electron chi connectivity index (χ0n) is 14.0. The van der Waals surface area contributed by atoms with Gasteiger partial charge in [0.05, 0.1) is 0 Å². The van der Waals surface area contributed by atoms with Gasteiger partial charge in [0, 0.05) is 19.6 Å². The van der Waals surface area contributed by atoms with Gasteiger partial charge in [0.1, 0.15) is 5.60 Å². The lowest BCUT2D eigenvalue weighted by Crippen LogP contribution is -2.41. The Kier molecular flexibility index (Phi) is 8.24. The summed E-state index contributed by atoms with van der Waals surface area (Å²) in [6.07, 6.45) is 8.07. The van der Waals surface area contributed by atoms with Crippen molar-refractivity contribution in [3.8, 4) is 0 Å². The Morgan fingerprint density at radius 2 is 1.86 bits per heavy atom. The van der Waals surface area contributed by atoms with Gasteiger partial charge in [0.2, 0.25) is 0 Å². The number of allylic oxidation sites excluding steroid dienone is 1. The molecule has 5 nitrogen and oxygen atoms in total. The first-order chi connectivity index (χ1) is 10.4. The molecule has 0 heterocycles. The van der Waals surface area contributed by atoms with Crippen LogP contribution in [0, 0.1) is 0 Å². The van der Waals surface area contributed by atoms with Gasteiger partial charge in [-0.1, -0.05) is 11.6 Å². The topological polar surface area (TPSA) is 62.4 Å². The third-order valence-corrected chi connectivity index (χ3v) is 3.48. The minimum absolute atomic E-state index is 0.405. The number of hydrogen-bond donors (Lipinski definition) is 3. The van der Waals surface area contributed by atoms with Crippen molar-refractivity contribution in [1.29, 1.82) is 0 Å². The summed E-state index contributed by atoms with van der Waals surface area (Å²) in [7, 11) is 0. The zero-order chi connectivity index (χ0) is 16.4. The maximum atomic E-state index is 11.4. The third kappa shape index (κ3) is 9.60. The van der Waals surface area contributed by atoms with Crippen molar-refractivity contribution in [2.45, 2.75) is 58.5 Å². The van der Waals surface area contributed by atoms with E-state index in [1.807, 2.05) is 20.8 Å². The summed E-state index contributed by atoms with van der Waals surface area (Å²) in [5, 5.41) is 9.57. The number of nitrogens with one attached hydrogen (secondary N) is 3. The van der Waals surface area contributed by atoms with Gasteiger partial charge in [-0.15, -0.1) is 0 Å². The maximum absolute atomic E-state index is 11.4. The Balaban J connectivity index is 2.01. The van der Waals surface area contributed by atoms with E-state index in [9.17, 15) is 4.79 Å². The first kappa shape index (κ1) is 18.7. The van der Waals surface area contributed by atoms with Crippen LogP contribution in [0.25, 0.3) is 0 Å². The first-order valence-corrected chi connectivity index (χ1v) is 8.44. The van der Waals surface area contributed by atoms with E-state index in [1.165, 1.54) is 31.3 Å². The Morgan fingerprint density at radius 3 is 2.50 bits per heavy atom. The molecule has 1 aliphatic rings. The van der Waals surface area contributed by atoms with Gasteiger partial charge in [-0.05, 0) is 65.1 Å².